The first-order chi connectivity index (χ1) is 3.00. The normalized spacial score (nSPS) is 24.0. The van der Waals surface area contributed by atoms with E-state index in [-0.39, 0.29) is 0 Å². The zero-order valence-electron chi connectivity index (χ0n) is 3.61. The Labute approximate surface area is 37.4 Å². The highest BCUT2D eigenvalue weighted by Gasteiger charge is 1.94. The summed E-state index contributed by atoms with van der Waals surface area (Å²) in [5.74, 6) is 0. The summed E-state index contributed by atoms with van der Waals surface area (Å²) in [6.45, 7) is 2.78. The predicted octanol–water partition coefficient (Wildman–Crippen LogP) is 0.463. The van der Waals surface area contributed by atoms with Gasteiger partial charge in [0, 0.05) is 6.54 Å². The molecule has 1 N–H and O–H groups in total. The molecule has 1 saturated heterocycles. The van der Waals surface area contributed by atoms with Gasteiger partial charge in [0.05, 0.1) is 0 Å². The lowest BCUT2D eigenvalue weighted by atomic mass is 10.3. The van der Waals surface area contributed by atoms with E-state index in [1.807, 2.05) is 0 Å². The monoisotopic (exact) mass is 86.1 g/mol. The van der Waals surface area contributed by atoms with E-state index in [1.54, 1.807) is 6.61 Å². The van der Waals surface area contributed by atoms with E-state index in [0.29, 0.717) is 0 Å². The first kappa shape index (κ1) is 4.09. The van der Waals surface area contributed by atoms with Crippen molar-refractivity contribution in [3.05, 3.63) is 6.61 Å². The van der Waals surface area contributed by atoms with E-state index in [1.165, 1.54) is 6.42 Å². The third kappa shape index (κ3) is 0.954. The molecule has 2 nitrogen and oxygen atoms in total. The Morgan fingerprint density at radius 3 is 2.83 bits per heavy atom. The molecule has 1 rings (SSSR count). The first-order valence-electron chi connectivity index (χ1n) is 2.20. The van der Waals surface area contributed by atoms with Crippen LogP contribution in [0.3, 0.4) is 0 Å². The Kier molecular flexibility index (Phi) is 1.47. The number of hydrogen-bond donors (Lipinski definition) is 1. The number of nitrogens with one attached hydrogen (secondary N) is 1. The van der Waals surface area contributed by atoms with Gasteiger partial charge >= 0.3 is 0 Å². The molecule has 35 valence electrons. The highest BCUT2D eigenvalue weighted by molar-refractivity contribution is 4.54. The second-order valence-corrected chi connectivity index (χ2v) is 1.32. The first-order valence-corrected chi connectivity index (χ1v) is 2.20. The Bertz CT molecular complexity index is 23.0. The van der Waals surface area contributed by atoms with Gasteiger partial charge < -0.3 is 0 Å². The second kappa shape index (κ2) is 2.16. The van der Waals surface area contributed by atoms with Crippen molar-refractivity contribution in [2.75, 3.05) is 6.54 Å². The van der Waals surface area contributed by atoms with E-state index >= 15 is 0 Å². The number of rotatable bonds is 0. The largest absolute Gasteiger partial charge is 0.296 e. The summed E-state index contributed by atoms with van der Waals surface area (Å²) in [6, 6.07) is 0. The molecule has 0 saturated carbocycles. The van der Waals surface area contributed by atoms with Crippen molar-refractivity contribution in [1.29, 1.82) is 0 Å². The van der Waals surface area contributed by atoms with E-state index in [9.17, 15) is 0 Å². The lowest BCUT2D eigenvalue weighted by Crippen LogP contribution is -2.19. The van der Waals surface area contributed by atoms with Crippen LogP contribution in [0.1, 0.15) is 12.8 Å². The Morgan fingerprint density at radius 1 is 1.67 bits per heavy atom. The Morgan fingerprint density at radius 2 is 2.67 bits per heavy atom. The summed E-state index contributed by atoms with van der Waals surface area (Å²) in [6.07, 6.45) is 2.30. The molecule has 0 bridgehead atoms. The van der Waals surface area contributed by atoms with Crippen LogP contribution in [0.5, 0.6) is 0 Å². The molecular formula is C4H8NO. The molecule has 0 unspecified atom stereocenters. The van der Waals surface area contributed by atoms with Crippen LogP contribution in [0.4, 0.5) is 0 Å². The van der Waals surface area contributed by atoms with Crippen LogP contribution in [0.15, 0.2) is 0 Å². The fourth-order valence-electron chi connectivity index (χ4n) is 0.434. The highest BCUT2D eigenvalue weighted by Crippen LogP contribution is 1.96. The second-order valence-electron chi connectivity index (χ2n) is 1.32. The minimum absolute atomic E-state index is 0.997. The average Bonchev–Trinajstić information content (AvgIpc) is 1.72. The summed E-state index contributed by atoms with van der Waals surface area (Å²) in [7, 11) is 0. The smallest absolute Gasteiger partial charge is 0.107 e. The van der Waals surface area contributed by atoms with Crippen molar-refractivity contribution in [3.63, 3.8) is 0 Å². The van der Waals surface area contributed by atoms with E-state index < -0.39 is 0 Å². The maximum absolute atomic E-state index is 4.69. The molecule has 1 fully saturated rings. The Hall–Kier alpha value is -0.0800. The fourth-order valence-corrected chi connectivity index (χ4v) is 0.434. The zero-order valence-corrected chi connectivity index (χ0v) is 3.61. The quantitative estimate of drug-likeness (QED) is 0.462. The summed E-state index contributed by atoms with van der Waals surface area (Å²) < 4.78 is 0. The SMILES string of the molecule is [CH]1CCCNO1. The summed E-state index contributed by atoms with van der Waals surface area (Å²) in [5.41, 5.74) is 2.73. The van der Waals surface area contributed by atoms with Crippen LogP contribution in [0.25, 0.3) is 0 Å². The van der Waals surface area contributed by atoms with Gasteiger partial charge in [-0.05, 0) is 12.8 Å². The summed E-state index contributed by atoms with van der Waals surface area (Å²) in [4.78, 5) is 4.69. The maximum Gasteiger partial charge on any atom is 0.107 e. The third-order valence-corrected chi connectivity index (χ3v) is 0.767. The summed E-state index contributed by atoms with van der Waals surface area (Å²) in [5, 5.41) is 0. The van der Waals surface area contributed by atoms with Crippen LogP contribution in [-0.2, 0) is 4.84 Å². The average molecular weight is 86.1 g/mol. The molecule has 6 heavy (non-hydrogen) atoms. The summed E-state index contributed by atoms with van der Waals surface area (Å²) >= 11 is 0. The molecule has 0 aliphatic carbocycles. The van der Waals surface area contributed by atoms with Gasteiger partial charge in [0.25, 0.3) is 0 Å². The maximum atomic E-state index is 4.69. The minimum Gasteiger partial charge on any atom is -0.296 e. The third-order valence-electron chi connectivity index (χ3n) is 0.767. The fraction of sp³-hybridized carbons (Fsp3) is 0.750. The molecule has 0 atom stereocenters. The predicted molar refractivity (Wildman–Crippen MR) is 22.6 cm³/mol. The van der Waals surface area contributed by atoms with Gasteiger partial charge in [-0.2, -0.15) is 0 Å². The molecule has 1 aliphatic rings. The van der Waals surface area contributed by atoms with E-state index in [4.69, 9.17) is 4.84 Å². The van der Waals surface area contributed by atoms with Crippen LogP contribution in [-0.4, -0.2) is 6.54 Å². The van der Waals surface area contributed by atoms with Crippen LogP contribution < -0.4 is 5.48 Å². The molecule has 1 heterocycles. The molecule has 0 aromatic heterocycles. The van der Waals surface area contributed by atoms with Crippen molar-refractivity contribution in [2.24, 2.45) is 0 Å². The topological polar surface area (TPSA) is 21.3 Å². The lowest BCUT2D eigenvalue weighted by molar-refractivity contribution is 0.0634. The van der Waals surface area contributed by atoms with E-state index in [0.717, 1.165) is 13.0 Å². The van der Waals surface area contributed by atoms with E-state index in [2.05, 4.69) is 5.48 Å². The molecule has 0 amide bonds. The van der Waals surface area contributed by atoms with Gasteiger partial charge in [0.2, 0.25) is 0 Å². The molecule has 2 heteroatoms. The zero-order chi connectivity index (χ0) is 4.24. The standard InChI is InChI=1S/C4H8NO/c1-2-4-6-5-3-1/h4-5H,1-3H2. The molecule has 0 spiro atoms. The van der Waals surface area contributed by atoms with Crippen LogP contribution >= 0.6 is 0 Å². The molecule has 1 aliphatic heterocycles. The molecule has 1 radical (unpaired) electrons. The number of hydroxylamine groups is 1. The molecule has 0 aromatic carbocycles. The van der Waals surface area contributed by atoms with Crippen molar-refractivity contribution in [2.45, 2.75) is 12.8 Å². The van der Waals surface area contributed by atoms with Crippen molar-refractivity contribution in [1.82, 2.24) is 5.48 Å². The lowest BCUT2D eigenvalue weighted by Gasteiger charge is -2.08. The number of hydrogen-bond acceptors (Lipinski definition) is 2. The van der Waals surface area contributed by atoms with Crippen LogP contribution in [0, 0.1) is 6.61 Å². The van der Waals surface area contributed by atoms with Gasteiger partial charge in [0.1, 0.15) is 6.61 Å². The molecular weight excluding hydrogens is 78.0 g/mol. The highest BCUT2D eigenvalue weighted by atomic mass is 16.6. The van der Waals surface area contributed by atoms with Gasteiger partial charge in [0.15, 0.2) is 0 Å². The van der Waals surface area contributed by atoms with Gasteiger partial charge in [-0.1, -0.05) is 0 Å². The van der Waals surface area contributed by atoms with Gasteiger partial charge in [-0.15, -0.1) is 0 Å². The van der Waals surface area contributed by atoms with Crippen molar-refractivity contribution < 1.29 is 4.84 Å². The molecule has 0 aromatic rings. The van der Waals surface area contributed by atoms with Crippen molar-refractivity contribution >= 4 is 0 Å². The van der Waals surface area contributed by atoms with Crippen LogP contribution in [0.2, 0.25) is 0 Å². The Balaban J connectivity index is 2.00. The van der Waals surface area contributed by atoms with Crippen molar-refractivity contribution in [3.8, 4) is 0 Å². The minimum atomic E-state index is 0.997. The van der Waals surface area contributed by atoms with Gasteiger partial charge in [-0.25, -0.2) is 5.48 Å². The van der Waals surface area contributed by atoms with Gasteiger partial charge in [-0.3, -0.25) is 4.84 Å².